The number of carbonyl (C=O) groups is 2. The molecule has 2 heterocycles. The first-order valence-electron chi connectivity index (χ1n) is 7.84. The zero-order valence-corrected chi connectivity index (χ0v) is 13.3. The van der Waals surface area contributed by atoms with Gasteiger partial charge >= 0.3 is 5.97 Å². The van der Waals surface area contributed by atoms with Gasteiger partial charge in [-0.3, -0.25) is 14.3 Å². The lowest BCUT2D eigenvalue weighted by atomic mass is 10.2. The van der Waals surface area contributed by atoms with Crippen molar-refractivity contribution in [3.05, 3.63) is 78.6 Å². The first-order valence-corrected chi connectivity index (χ1v) is 7.84. The lowest BCUT2D eigenvalue weighted by Gasteiger charge is -2.07. The van der Waals surface area contributed by atoms with Gasteiger partial charge in [-0.2, -0.15) is 0 Å². The number of ether oxygens (including phenoxy) is 1. The van der Waals surface area contributed by atoms with Gasteiger partial charge in [0, 0.05) is 23.2 Å². The van der Waals surface area contributed by atoms with Crippen LogP contribution >= 0.6 is 0 Å². The highest BCUT2D eigenvalue weighted by atomic mass is 16.5. The summed E-state index contributed by atoms with van der Waals surface area (Å²) in [5, 5.41) is 1.99. The van der Waals surface area contributed by atoms with Crippen molar-refractivity contribution in [2.24, 2.45) is 0 Å². The molecule has 0 saturated carbocycles. The molecule has 0 spiro atoms. The second-order valence-corrected chi connectivity index (χ2v) is 5.58. The van der Waals surface area contributed by atoms with Crippen molar-refractivity contribution in [2.75, 3.05) is 6.61 Å². The molecule has 122 valence electrons. The van der Waals surface area contributed by atoms with Crippen LogP contribution in [0.1, 0.15) is 15.2 Å². The number of benzene rings is 2. The predicted molar refractivity (Wildman–Crippen MR) is 94.6 cm³/mol. The van der Waals surface area contributed by atoms with Crippen molar-refractivity contribution in [2.45, 2.75) is 0 Å². The fraction of sp³-hybridized carbons (Fsp3) is 0.0500. The van der Waals surface area contributed by atoms with Crippen LogP contribution < -0.4 is 0 Å². The Hall–Kier alpha value is -3.47. The Morgan fingerprint density at radius 2 is 1.40 bits per heavy atom. The number of esters is 1. The third-order valence-electron chi connectivity index (χ3n) is 4.07. The van der Waals surface area contributed by atoms with Gasteiger partial charge in [-0.15, -0.1) is 0 Å². The molecular formula is C20H14N2O3. The molecule has 0 aliphatic rings. The van der Waals surface area contributed by atoms with Crippen LogP contribution in [0.25, 0.3) is 21.8 Å². The summed E-state index contributed by atoms with van der Waals surface area (Å²) in [6.07, 6.45) is 3.01. The summed E-state index contributed by atoms with van der Waals surface area (Å²) in [6, 6.07) is 18.5. The quantitative estimate of drug-likeness (QED) is 0.538. The zero-order chi connectivity index (χ0) is 17.2. The Labute approximate surface area is 143 Å². The predicted octanol–water partition coefficient (Wildman–Crippen LogP) is 3.69. The van der Waals surface area contributed by atoms with Crippen LogP contribution in [0.15, 0.2) is 73.1 Å². The maximum Gasteiger partial charge on any atom is 0.338 e. The molecule has 0 aliphatic carbocycles. The second-order valence-electron chi connectivity index (χ2n) is 5.58. The molecule has 2 aromatic heterocycles. The van der Waals surface area contributed by atoms with E-state index in [2.05, 4.69) is 4.98 Å². The summed E-state index contributed by atoms with van der Waals surface area (Å²) in [4.78, 5) is 28.6. The number of para-hydroxylation sites is 2. The van der Waals surface area contributed by atoms with Gasteiger partial charge in [0.1, 0.15) is 0 Å². The third kappa shape index (κ3) is 2.65. The van der Waals surface area contributed by atoms with Gasteiger partial charge in [0.2, 0.25) is 0 Å². The largest absolute Gasteiger partial charge is 0.452 e. The van der Waals surface area contributed by atoms with E-state index in [4.69, 9.17) is 4.74 Å². The maximum atomic E-state index is 12.7. The molecule has 0 amide bonds. The van der Waals surface area contributed by atoms with Crippen molar-refractivity contribution in [1.29, 1.82) is 0 Å². The minimum atomic E-state index is -0.545. The van der Waals surface area contributed by atoms with E-state index in [1.165, 1.54) is 12.4 Å². The molecule has 0 aliphatic heterocycles. The maximum absolute atomic E-state index is 12.7. The molecule has 5 heteroatoms. The summed E-state index contributed by atoms with van der Waals surface area (Å²) in [5.41, 5.74) is 1.97. The van der Waals surface area contributed by atoms with Gasteiger partial charge < -0.3 is 4.74 Å². The van der Waals surface area contributed by atoms with Crippen molar-refractivity contribution in [1.82, 2.24) is 9.55 Å². The summed E-state index contributed by atoms with van der Waals surface area (Å²) in [5.74, 6) is -0.837. The molecule has 0 unspecified atom stereocenters. The Bertz CT molecular complexity index is 1030. The van der Waals surface area contributed by atoms with E-state index in [1.807, 2.05) is 48.5 Å². The van der Waals surface area contributed by atoms with Crippen molar-refractivity contribution < 1.29 is 14.3 Å². The van der Waals surface area contributed by atoms with Gasteiger partial charge in [0.15, 0.2) is 6.61 Å². The topological polar surface area (TPSA) is 61.2 Å². The summed E-state index contributed by atoms with van der Waals surface area (Å²) >= 11 is 0. The van der Waals surface area contributed by atoms with Crippen LogP contribution in [-0.2, 0) is 4.74 Å². The summed E-state index contributed by atoms with van der Waals surface area (Å²) < 4.78 is 6.78. The first-order chi connectivity index (χ1) is 12.3. The van der Waals surface area contributed by atoms with Crippen molar-refractivity contribution >= 4 is 33.7 Å². The van der Waals surface area contributed by atoms with E-state index in [-0.39, 0.29) is 12.5 Å². The van der Waals surface area contributed by atoms with Crippen LogP contribution in [0.2, 0.25) is 0 Å². The molecule has 4 aromatic rings. The van der Waals surface area contributed by atoms with Gasteiger partial charge in [-0.1, -0.05) is 36.4 Å². The van der Waals surface area contributed by atoms with Crippen LogP contribution in [0.3, 0.4) is 0 Å². The molecule has 0 bridgehead atoms. The molecule has 0 N–H and O–H groups in total. The number of pyridine rings is 1. The number of carbonyl (C=O) groups excluding carboxylic acids is 2. The summed E-state index contributed by atoms with van der Waals surface area (Å²) in [6.45, 7) is -0.330. The molecular weight excluding hydrogens is 316 g/mol. The van der Waals surface area contributed by atoms with Gasteiger partial charge in [-0.05, 0) is 24.3 Å². The lowest BCUT2D eigenvalue weighted by Crippen LogP contribution is -2.20. The van der Waals surface area contributed by atoms with Crippen molar-refractivity contribution in [3.8, 4) is 0 Å². The van der Waals surface area contributed by atoms with Crippen LogP contribution in [-0.4, -0.2) is 28.0 Å². The molecule has 2 aromatic carbocycles. The Kier molecular flexibility index (Phi) is 3.74. The number of fused-ring (bicyclic) bond motifs is 3. The fourth-order valence-corrected chi connectivity index (χ4v) is 2.95. The molecule has 0 radical (unpaired) electrons. The summed E-state index contributed by atoms with van der Waals surface area (Å²) in [7, 11) is 0. The van der Waals surface area contributed by atoms with Crippen molar-refractivity contribution in [3.63, 3.8) is 0 Å². The Morgan fingerprint density at radius 1 is 0.840 bits per heavy atom. The highest BCUT2D eigenvalue weighted by Gasteiger charge is 2.17. The average Bonchev–Trinajstić information content (AvgIpc) is 3.01. The SMILES string of the molecule is O=C(OCC(=O)n1c2ccccc2c2ccccc21)c1ccncc1. The third-order valence-corrected chi connectivity index (χ3v) is 4.07. The molecule has 5 nitrogen and oxygen atoms in total. The van der Waals surface area contributed by atoms with Crippen LogP contribution in [0.4, 0.5) is 0 Å². The highest BCUT2D eigenvalue weighted by molar-refractivity contribution is 6.13. The van der Waals surface area contributed by atoms with E-state index >= 15 is 0 Å². The standard InChI is InChI=1S/C20H14N2O3/c23-19(13-25-20(24)14-9-11-21-12-10-14)22-17-7-3-1-5-15(17)16-6-2-4-8-18(16)22/h1-12H,13H2. The second kappa shape index (κ2) is 6.20. The number of hydrogen-bond donors (Lipinski definition) is 0. The lowest BCUT2D eigenvalue weighted by molar-refractivity contribution is 0.0452. The van der Waals surface area contributed by atoms with Gasteiger partial charge in [-0.25, -0.2) is 4.79 Å². The van der Waals surface area contributed by atoms with E-state index in [0.29, 0.717) is 5.56 Å². The highest BCUT2D eigenvalue weighted by Crippen LogP contribution is 2.28. The molecule has 0 fully saturated rings. The number of aromatic nitrogens is 2. The monoisotopic (exact) mass is 330 g/mol. The van der Waals surface area contributed by atoms with E-state index in [1.54, 1.807) is 16.7 Å². The zero-order valence-electron chi connectivity index (χ0n) is 13.3. The molecule has 25 heavy (non-hydrogen) atoms. The fourth-order valence-electron chi connectivity index (χ4n) is 2.95. The van der Waals surface area contributed by atoms with E-state index < -0.39 is 5.97 Å². The molecule has 0 saturated heterocycles. The minimum absolute atomic E-state index is 0.292. The van der Waals surface area contributed by atoms with E-state index in [9.17, 15) is 9.59 Å². The van der Waals surface area contributed by atoms with Gasteiger partial charge in [0.25, 0.3) is 5.91 Å². The molecule has 4 rings (SSSR count). The average molecular weight is 330 g/mol. The molecule has 0 atom stereocenters. The van der Waals surface area contributed by atoms with E-state index in [0.717, 1.165) is 21.8 Å². The first kappa shape index (κ1) is 15.1. The number of hydrogen-bond acceptors (Lipinski definition) is 4. The number of nitrogens with zero attached hydrogens (tertiary/aromatic N) is 2. The number of rotatable bonds is 3. The van der Waals surface area contributed by atoms with Crippen LogP contribution in [0, 0.1) is 0 Å². The minimum Gasteiger partial charge on any atom is -0.452 e. The normalized spacial score (nSPS) is 10.9. The Balaban J connectivity index is 1.67. The van der Waals surface area contributed by atoms with Crippen LogP contribution in [0.5, 0.6) is 0 Å². The smallest absolute Gasteiger partial charge is 0.338 e. The Morgan fingerprint density at radius 3 is 2.00 bits per heavy atom. The van der Waals surface area contributed by atoms with Gasteiger partial charge in [0.05, 0.1) is 16.6 Å².